The summed E-state index contributed by atoms with van der Waals surface area (Å²) in [5.74, 6) is 0.299. The summed E-state index contributed by atoms with van der Waals surface area (Å²) in [5.41, 5.74) is 5.92. The van der Waals surface area contributed by atoms with Gasteiger partial charge in [0.25, 0.3) is 5.69 Å². The Labute approximate surface area is 267 Å². The van der Waals surface area contributed by atoms with Crippen LogP contribution in [0.4, 0.5) is 5.69 Å². The SMILES string of the molecule is CCOc1cc(C2C3=C(CCCC3=O)N(CCc3ccccc3)C3=C2C(=O)CCC3)cc(Cl)c1OCc1cccc([N+](=O)[O-])c1. The minimum atomic E-state index is -0.536. The first kappa shape index (κ1) is 30.6. The fourth-order valence-electron chi connectivity index (χ4n) is 6.78. The molecule has 1 aliphatic heterocycles. The molecule has 0 radical (unpaired) electrons. The summed E-state index contributed by atoms with van der Waals surface area (Å²) in [6.07, 6.45) is 4.78. The van der Waals surface area contributed by atoms with Gasteiger partial charge in [-0.2, -0.15) is 0 Å². The fourth-order valence-corrected chi connectivity index (χ4v) is 7.05. The van der Waals surface area contributed by atoms with Crippen LogP contribution in [0.25, 0.3) is 0 Å². The number of non-ortho nitro benzene ring substituents is 1. The Kier molecular flexibility index (Phi) is 9.03. The van der Waals surface area contributed by atoms with Gasteiger partial charge >= 0.3 is 0 Å². The number of carbonyl (C=O) groups excluding carboxylic acids is 2. The molecule has 0 saturated carbocycles. The van der Waals surface area contributed by atoms with Crippen LogP contribution in [-0.4, -0.2) is 34.5 Å². The number of nitrogens with zero attached hydrogens (tertiary/aromatic N) is 2. The minimum absolute atomic E-state index is 0.0276. The number of halogens is 1. The smallest absolute Gasteiger partial charge is 0.269 e. The van der Waals surface area contributed by atoms with E-state index in [0.717, 1.165) is 49.1 Å². The summed E-state index contributed by atoms with van der Waals surface area (Å²) in [5, 5.41) is 11.5. The highest BCUT2D eigenvalue weighted by Crippen LogP contribution is 2.51. The van der Waals surface area contributed by atoms with Gasteiger partial charge in [0.1, 0.15) is 6.61 Å². The molecule has 3 aliphatic rings. The highest BCUT2D eigenvalue weighted by Gasteiger charge is 2.43. The van der Waals surface area contributed by atoms with Gasteiger partial charge in [-0.05, 0) is 67.9 Å². The number of carbonyl (C=O) groups is 2. The standard InChI is InChI=1S/C36H35ClN2O6/c1-2-44-32-21-25(20-27(37)36(32)45-22-24-11-6-12-26(19-24)39(42)43)33-34-28(13-7-15-30(34)40)38(18-17-23-9-4-3-5-10-23)29-14-8-16-31(41)35(29)33/h3-6,9-12,19-21,33H,2,7-8,13-18,22H2,1H3. The van der Waals surface area contributed by atoms with Crippen LogP contribution in [0, 0.1) is 10.1 Å². The number of nitro benzene ring substituents is 1. The lowest BCUT2D eigenvalue weighted by Crippen LogP contribution is -2.40. The Morgan fingerprint density at radius 3 is 2.18 bits per heavy atom. The number of nitro groups is 1. The maximum absolute atomic E-state index is 13.8. The zero-order valence-electron chi connectivity index (χ0n) is 25.2. The number of ketones is 2. The lowest BCUT2D eigenvalue weighted by atomic mass is 9.71. The Morgan fingerprint density at radius 1 is 0.867 bits per heavy atom. The van der Waals surface area contributed by atoms with Crippen LogP contribution >= 0.6 is 11.6 Å². The van der Waals surface area contributed by atoms with Gasteiger partial charge in [0, 0.05) is 60.0 Å². The van der Waals surface area contributed by atoms with Crippen molar-refractivity contribution in [1.29, 1.82) is 0 Å². The molecule has 3 aromatic carbocycles. The topological polar surface area (TPSA) is 99.0 Å². The quantitative estimate of drug-likeness (QED) is 0.167. The van der Waals surface area contributed by atoms with Crippen molar-refractivity contribution in [2.24, 2.45) is 0 Å². The van der Waals surface area contributed by atoms with Crippen molar-refractivity contribution in [3.05, 3.63) is 121 Å². The summed E-state index contributed by atoms with van der Waals surface area (Å²) in [4.78, 5) is 40.6. The molecular formula is C36H35ClN2O6. The van der Waals surface area contributed by atoms with Crippen molar-refractivity contribution >= 4 is 28.9 Å². The average molecular weight is 627 g/mol. The first-order chi connectivity index (χ1) is 21.9. The number of hydrogen-bond donors (Lipinski definition) is 0. The van der Waals surface area contributed by atoms with Crippen molar-refractivity contribution < 1.29 is 24.0 Å². The molecule has 2 aliphatic carbocycles. The molecule has 0 amide bonds. The molecule has 9 heteroatoms. The van der Waals surface area contributed by atoms with Crippen LogP contribution < -0.4 is 9.47 Å². The van der Waals surface area contributed by atoms with Gasteiger partial charge < -0.3 is 14.4 Å². The van der Waals surface area contributed by atoms with Crippen molar-refractivity contribution in [3.8, 4) is 11.5 Å². The molecule has 0 aromatic heterocycles. The number of Topliss-reactive ketones (excluding diaryl/α,β-unsaturated/α-hetero) is 2. The van der Waals surface area contributed by atoms with Crippen LogP contribution in [0.1, 0.15) is 68.1 Å². The van der Waals surface area contributed by atoms with Crippen LogP contribution in [0.3, 0.4) is 0 Å². The molecule has 0 unspecified atom stereocenters. The molecular weight excluding hydrogens is 592 g/mol. The van der Waals surface area contributed by atoms with Crippen molar-refractivity contribution in [2.45, 2.75) is 64.4 Å². The predicted molar refractivity (Wildman–Crippen MR) is 171 cm³/mol. The Bertz CT molecular complexity index is 1670. The van der Waals surface area contributed by atoms with Gasteiger partial charge in [0.05, 0.1) is 16.6 Å². The van der Waals surface area contributed by atoms with Gasteiger partial charge in [-0.1, -0.05) is 54.1 Å². The van der Waals surface area contributed by atoms with Crippen LogP contribution in [-0.2, 0) is 22.6 Å². The van der Waals surface area contributed by atoms with E-state index in [2.05, 4.69) is 17.0 Å². The van der Waals surface area contributed by atoms with E-state index in [1.807, 2.05) is 31.2 Å². The lowest BCUT2D eigenvalue weighted by molar-refractivity contribution is -0.384. The van der Waals surface area contributed by atoms with Gasteiger partial charge in [-0.15, -0.1) is 0 Å². The zero-order valence-corrected chi connectivity index (χ0v) is 26.0. The zero-order chi connectivity index (χ0) is 31.5. The molecule has 1 heterocycles. The normalized spacial score (nSPS) is 16.9. The van der Waals surface area contributed by atoms with E-state index in [1.165, 1.54) is 17.7 Å². The minimum Gasteiger partial charge on any atom is -0.490 e. The van der Waals surface area contributed by atoms with Crippen LogP contribution in [0.2, 0.25) is 5.02 Å². The van der Waals surface area contributed by atoms with E-state index < -0.39 is 10.8 Å². The fraction of sp³-hybridized carbons (Fsp3) is 0.333. The number of rotatable bonds is 10. The van der Waals surface area contributed by atoms with Gasteiger partial charge in [-0.25, -0.2) is 0 Å². The second-order valence-corrected chi connectivity index (χ2v) is 12.0. The van der Waals surface area contributed by atoms with Crippen LogP contribution in [0.5, 0.6) is 11.5 Å². The predicted octanol–water partition coefficient (Wildman–Crippen LogP) is 7.88. The van der Waals surface area contributed by atoms with Crippen molar-refractivity contribution in [3.63, 3.8) is 0 Å². The number of ether oxygens (including phenoxy) is 2. The van der Waals surface area contributed by atoms with E-state index in [1.54, 1.807) is 18.2 Å². The summed E-state index contributed by atoms with van der Waals surface area (Å²) in [7, 11) is 0. The average Bonchev–Trinajstić information content (AvgIpc) is 3.04. The molecule has 0 saturated heterocycles. The maximum Gasteiger partial charge on any atom is 0.269 e. The molecule has 232 valence electrons. The molecule has 0 spiro atoms. The molecule has 45 heavy (non-hydrogen) atoms. The number of benzene rings is 3. The van der Waals surface area contributed by atoms with Gasteiger partial charge in [0.2, 0.25) is 0 Å². The first-order valence-electron chi connectivity index (χ1n) is 15.5. The van der Waals surface area contributed by atoms with E-state index in [0.29, 0.717) is 54.2 Å². The monoisotopic (exact) mass is 626 g/mol. The third kappa shape index (κ3) is 6.25. The summed E-state index contributed by atoms with van der Waals surface area (Å²) in [6, 6.07) is 20.1. The largest absolute Gasteiger partial charge is 0.490 e. The van der Waals surface area contributed by atoms with E-state index >= 15 is 0 Å². The van der Waals surface area contributed by atoms with Gasteiger partial charge in [-0.3, -0.25) is 19.7 Å². The molecule has 0 bridgehead atoms. The molecule has 0 atom stereocenters. The second-order valence-electron chi connectivity index (χ2n) is 11.6. The second kappa shape index (κ2) is 13.3. The molecule has 6 rings (SSSR count). The molecule has 0 N–H and O–H groups in total. The first-order valence-corrected chi connectivity index (χ1v) is 15.9. The molecule has 8 nitrogen and oxygen atoms in total. The maximum atomic E-state index is 13.8. The Hall–Kier alpha value is -4.43. The van der Waals surface area contributed by atoms with Crippen molar-refractivity contribution in [2.75, 3.05) is 13.2 Å². The van der Waals surface area contributed by atoms with E-state index in [-0.39, 0.29) is 28.9 Å². The third-order valence-corrected chi connectivity index (χ3v) is 9.00. The summed E-state index contributed by atoms with van der Waals surface area (Å²) < 4.78 is 12.1. The third-order valence-electron chi connectivity index (χ3n) is 8.72. The van der Waals surface area contributed by atoms with Gasteiger partial charge in [0.15, 0.2) is 23.1 Å². The van der Waals surface area contributed by atoms with E-state index in [4.69, 9.17) is 21.1 Å². The highest BCUT2D eigenvalue weighted by molar-refractivity contribution is 6.32. The van der Waals surface area contributed by atoms with Crippen LogP contribution in [0.15, 0.2) is 89.3 Å². The van der Waals surface area contributed by atoms with Crippen molar-refractivity contribution in [1.82, 2.24) is 4.90 Å². The molecule has 0 fully saturated rings. The summed E-state index contributed by atoms with van der Waals surface area (Å²) >= 11 is 6.88. The highest BCUT2D eigenvalue weighted by atomic mass is 35.5. The summed E-state index contributed by atoms with van der Waals surface area (Å²) in [6.45, 7) is 2.93. The lowest BCUT2D eigenvalue weighted by Gasteiger charge is -2.44. The van der Waals surface area contributed by atoms with E-state index in [9.17, 15) is 19.7 Å². The number of allylic oxidation sites excluding steroid dienone is 4. The Morgan fingerprint density at radius 2 is 1.53 bits per heavy atom. The molecule has 3 aromatic rings. The number of hydrogen-bond acceptors (Lipinski definition) is 7. The Balaban J connectivity index is 1.40.